The minimum Gasteiger partial charge on any atom is -0.507 e. The molecule has 1 aliphatic heterocycles. The first-order valence-corrected chi connectivity index (χ1v) is 8.47. The number of para-hydroxylation sites is 1. The minimum atomic E-state index is -0.405. The molecule has 1 aliphatic rings. The summed E-state index contributed by atoms with van der Waals surface area (Å²) in [6.07, 6.45) is 2.08. The first kappa shape index (κ1) is 17.8. The van der Waals surface area contributed by atoms with Gasteiger partial charge in [-0.15, -0.1) is 0 Å². The molecule has 3 amide bonds. The predicted octanol–water partition coefficient (Wildman–Crippen LogP) is 2.95. The van der Waals surface area contributed by atoms with E-state index in [2.05, 4.69) is 16.0 Å². The molecule has 1 atom stereocenters. The molecule has 7 heteroatoms. The van der Waals surface area contributed by atoms with Crippen molar-refractivity contribution in [2.24, 2.45) is 0 Å². The maximum Gasteiger partial charge on any atom is 0.319 e. The smallest absolute Gasteiger partial charge is 0.319 e. The number of ether oxygens (including phenoxy) is 1. The highest BCUT2D eigenvalue weighted by Crippen LogP contribution is 2.19. The second kappa shape index (κ2) is 8.35. The van der Waals surface area contributed by atoms with E-state index in [1.165, 1.54) is 6.07 Å². The number of carbonyl (C=O) groups is 2. The Kier molecular flexibility index (Phi) is 5.70. The van der Waals surface area contributed by atoms with Gasteiger partial charge < -0.3 is 25.8 Å². The zero-order chi connectivity index (χ0) is 18.4. The molecular weight excluding hydrogens is 334 g/mol. The Labute approximate surface area is 151 Å². The van der Waals surface area contributed by atoms with Crippen molar-refractivity contribution in [1.82, 2.24) is 5.32 Å². The van der Waals surface area contributed by atoms with Crippen molar-refractivity contribution in [3.8, 4) is 5.75 Å². The summed E-state index contributed by atoms with van der Waals surface area (Å²) >= 11 is 0. The number of benzene rings is 2. The summed E-state index contributed by atoms with van der Waals surface area (Å²) in [4.78, 5) is 24.0. The Bertz CT molecular complexity index is 771. The van der Waals surface area contributed by atoms with Crippen LogP contribution in [0.2, 0.25) is 0 Å². The quantitative estimate of drug-likeness (QED) is 0.662. The van der Waals surface area contributed by atoms with E-state index in [0.717, 1.165) is 19.4 Å². The lowest BCUT2D eigenvalue weighted by atomic mass is 10.2. The van der Waals surface area contributed by atoms with E-state index in [4.69, 9.17) is 4.74 Å². The molecule has 3 rings (SSSR count). The van der Waals surface area contributed by atoms with Gasteiger partial charge in [-0.2, -0.15) is 0 Å². The highest BCUT2D eigenvalue weighted by atomic mass is 16.5. The fourth-order valence-electron chi connectivity index (χ4n) is 2.69. The maximum absolute atomic E-state index is 12.1. The second-order valence-corrected chi connectivity index (χ2v) is 6.02. The lowest BCUT2D eigenvalue weighted by Crippen LogP contribution is -2.35. The van der Waals surface area contributed by atoms with Crippen LogP contribution in [0.15, 0.2) is 48.5 Å². The van der Waals surface area contributed by atoms with E-state index < -0.39 is 5.91 Å². The Morgan fingerprint density at radius 2 is 1.73 bits per heavy atom. The van der Waals surface area contributed by atoms with E-state index in [9.17, 15) is 14.7 Å². The van der Waals surface area contributed by atoms with Crippen LogP contribution in [-0.4, -0.2) is 36.3 Å². The van der Waals surface area contributed by atoms with Crippen LogP contribution in [-0.2, 0) is 4.74 Å². The second-order valence-electron chi connectivity index (χ2n) is 6.02. The molecule has 0 radical (unpaired) electrons. The van der Waals surface area contributed by atoms with Gasteiger partial charge in [0.15, 0.2) is 0 Å². The zero-order valence-corrected chi connectivity index (χ0v) is 14.2. The molecule has 1 fully saturated rings. The van der Waals surface area contributed by atoms with E-state index >= 15 is 0 Å². The molecule has 2 aromatic carbocycles. The number of aromatic hydroxyl groups is 1. The van der Waals surface area contributed by atoms with E-state index in [1.807, 2.05) is 0 Å². The largest absolute Gasteiger partial charge is 0.507 e. The molecule has 1 saturated heterocycles. The van der Waals surface area contributed by atoms with Gasteiger partial charge in [-0.05, 0) is 49.2 Å². The lowest BCUT2D eigenvalue weighted by Gasteiger charge is -2.12. The zero-order valence-electron chi connectivity index (χ0n) is 14.2. The van der Waals surface area contributed by atoms with E-state index in [1.54, 1.807) is 42.5 Å². The third-order valence-electron chi connectivity index (χ3n) is 4.06. The maximum atomic E-state index is 12.1. The summed E-state index contributed by atoms with van der Waals surface area (Å²) in [6, 6.07) is 12.7. The van der Waals surface area contributed by atoms with Gasteiger partial charge in [-0.25, -0.2) is 4.79 Å². The van der Waals surface area contributed by atoms with Crippen LogP contribution >= 0.6 is 0 Å². The number of hydrogen-bond donors (Lipinski definition) is 4. The van der Waals surface area contributed by atoms with Crippen molar-refractivity contribution in [3.05, 3.63) is 54.1 Å². The van der Waals surface area contributed by atoms with Crippen LogP contribution in [0, 0.1) is 0 Å². The monoisotopic (exact) mass is 355 g/mol. The molecule has 136 valence electrons. The van der Waals surface area contributed by atoms with Crippen molar-refractivity contribution in [2.45, 2.75) is 18.9 Å². The number of carbonyl (C=O) groups excluding carboxylic acids is 2. The Hall–Kier alpha value is -3.06. The van der Waals surface area contributed by atoms with Crippen LogP contribution < -0.4 is 16.0 Å². The van der Waals surface area contributed by atoms with Crippen molar-refractivity contribution in [2.75, 3.05) is 23.8 Å². The number of urea groups is 1. The van der Waals surface area contributed by atoms with Gasteiger partial charge in [-0.1, -0.05) is 12.1 Å². The average Bonchev–Trinajstić information content (AvgIpc) is 3.15. The normalized spacial score (nSPS) is 16.1. The van der Waals surface area contributed by atoms with Crippen molar-refractivity contribution >= 4 is 23.3 Å². The van der Waals surface area contributed by atoms with Crippen LogP contribution in [0.3, 0.4) is 0 Å². The van der Waals surface area contributed by atoms with Gasteiger partial charge in [0, 0.05) is 24.5 Å². The Balaban J connectivity index is 1.50. The standard InChI is InChI=1S/C19H21N3O4/c23-17-6-2-1-5-16(17)18(24)21-13-7-9-14(10-8-13)22-19(25)20-12-15-4-3-11-26-15/h1-2,5-10,15,23H,3-4,11-12H2,(H,21,24)(H2,20,22,25)/t15-/m1/s1. The molecule has 0 bridgehead atoms. The molecule has 7 nitrogen and oxygen atoms in total. The van der Waals surface area contributed by atoms with Gasteiger partial charge in [0.05, 0.1) is 11.7 Å². The number of rotatable bonds is 5. The molecule has 4 N–H and O–H groups in total. The SMILES string of the molecule is O=C(NC[C@H]1CCCO1)Nc1ccc(NC(=O)c2ccccc2O)cc1. The first-order valence-electron chi connectivity index (χ1n) is 8.47. The number of nitrogens with one attached hydrogen (secondary N) is 3. The first-order chi connectivity index (χ1) is 12.6. The number of amides is 3. The molecule has 1 heterocycles. The number of phenols is 1. The van der Waals surface area contributed by atoms with Gasteiger partial charge in [-0.3, -0.25) is 4.79 Å². The summed E-state index contributed by atoms with van der Waals surface area (Å²) in [5.74, 6) is -0.482. The van der Waals surface area contributed by atoms with E-state index in [-0.39, 0.29) is 23.4 Å². The summed E-state index contributed by atoms with van der Waals surface area (Å²) < 4.78 is 5.45. The molecule has 0 saturated carbocycles. The molecule has 0 aliphatic carbocycles. The number of hydrogen-bond acceptors (Lipinski definition) is 4. The molecule has 0 aromatic heterocycles. The highest BCUT2D eigenvalue weighted by Gasteiger charge is 2.16. The third-order valence-corrected chi connectivity index (χ3v) is 4.06. The Morgan fingerprint density at radius 3 is 2.38 bits per heavy atom. The molecule has 26 heavy (non-hydrogen) atoms. The summed E-state index contributed by atoms with van der Waals surface area (Å²) in [5.41, 5.74) is 1.36. The third kappa shape index (κ3) is 4.73. The summed E-state index contributed by atoms with van der Waals surface area (Å²) in [5, 5.41) is 17.9. The fourth-order valence-corrected chi connectivity index (χ4v) is 2.69. The van der Waals surface area contributed by atoms with Gasteiger partial charge in [0.1, 0.15) is 5.75 Å². The average molecular weight is 355 g/mol. The predicted molar refractivity (Wildman–Crippen MR) is 98.5 cm³/mol. The lowest BCUT2D eigenvalue weighted by molar-refractivity contribution is 0.102. The van der Waals surface area contributed by atoms with Gasteiger partial charge in [0.2, 0.25) is 0 Å². The summed E-state index contributed by atoms with van der Waals surface area (Å²) in [7, 11) is 0. The molecule has 0 spiro atoms. The molecule has 2 aromatic rings. The Morgan fingerprint density at radius 1 is 1.04 bits per heavy atom. The molecular formula is C19H21N3O4. The van der Waals surface area contributed by atoms with E-state index in [0.29, 0.717) is 17.9 Å². The van der Waals surface area contributed by atoms with Crippen molar-refractivity contribution in [3.63, 3.8) is 0 Å². The summed E-state index contributed by atoms with van der Waals surface area (Å²) in [6.45, 7) is 1.24. The highest BCUT2D eigenvalue weighted by molar-refractivity contribution is 6.06. The van der Waals surface area contributed by atoms with Crippen LogP contribution in [0.4, 0.5) is 16.2 Å². The van der Waals surface area contributed by atoms with Crippen molar-refractivity contribution in [1.29, 1.82) is 0 Å². The van der Waals surface area contributed by atoms with Crippen LogP contribution in [0.1, 0.15) is 23.2 Å². The topological polar surface area (TPSA) is 99.7 Å². The number of anilines is 2. The van der Waals surface area contributed by atoms with Crippen LogP contribution in [0.5, 0.6) is 5.75 Å². The number of phenolic OH excluding ortho intramolecular Hbond substituents is 1. The minimum absolute atomic E-state index is 0.0776. The van der Waals surface area contributed by atoms with Crippen molar-refractivity contribution < 1.29 is 19.4 Å². The fraction of sp³-hybridized carbons (Fsp3) is 0.263. The van der Waals surface area contributed by atoms with Crippen LogP contribution in [0.25, 0.3) is 0 Å². The molecule has 0 unspecified atom stereocenters. The van der Waals surface area contributed by atoms with Gasteiger partial charge >= 0.3 is 6.03 Å². The van der Waals surface area contributed by atoms with Gasteiger partial charge in [0.25, 0.3) is 5.91 Å².